The van der Waals surface area contributed by atoms with Crippen molar-refractivity contribution in [3.05, 3.63) is 0 Å². The summed E-state index contributed by atoms with van der Waals surface area (Å²) >= 11 is 0. The molecule has 0 aromatic heterocycles. The highest BCUT2D eigenvalue weighted by molar-refractivity contribution is 4.76. The first-order valence-corrected chi connectivity index (χ1v) is 5.70. The Labute approximate surface area is 97.4 Å². The number of aliphatic hydroxyl groups excluding tert-OH is 4. The van der Waals surface area contributed by atoms with Gasteiger partial charge in [0.1, 0.15) is 0 Å². The van der Waals surface area contributed by atoms with Gasteiger partial charge in [-0.25, -0.2) is 0 Å². The maximum Gasteiger partial charge on any atom is 0.0662 e. The molecule has 0 spiro atoms. The molecule has 0 aliphatic heterocycles. The van der Waals surface area contributed by atoms with Gasteiger partial charge in [-0.1, -0.05) is 19.3 Å². The van der Waals surface area contributed by atoms with Crippen molar-refractivity contribution < 1.29 is 25.5 Å². The van der Waals surface area contributed by atoms with Gasteiger partial charge in [-0.05, 0) is 19.8 Å². The average Bonchev–Trinajstić information content (AvgIpc) is 2.29. The summed E-state index contributed by atoms with van der Waals surface area (Å²) in [4.78, 5) is 0. The Morgan fingerprint density at radius 1 is 0.750 bits per heavy atom. The van der Waals surface area contributed by atoms with Crippen LogP contribution in [-0.4, -0.2) is 57.6 Å². The van der Waals surface area contributed by atoms with Crippen LogP contribution in [0.5, 0.6) is 0 Å². The predicted octanol–water partition coefficient (Wildman–Crippen LogP) is -0.357. The van der Waals surface area contributed by atoms with E-state index in [1.54, 1.807) is 0 Å². The van der Waals surface area contributed by atoms with Crippen molar-refractivity contribution >= 4 is 0 Å². The summed E-state index contributed by atoms with van der Waals surface area (Å²) in [6, 6.07) is 0. The first-order valence-electron chi connectivity index (χ1n) is 5.70. The summed E-state index contributed by atoms with van der Waals surface area (Å²) in [7, 11) is 0. The molecule has 1 aliphatic rings. The zero-order chi connectivity index (χ0) is 12.9. The summed E-state index contributed by atoms with van der Waals surface area (Å²) in [6.45, 7) is 1.44. The lowest BCUT2D eigenvalue weighted by Gasteiger charge is -2.27. The molecule has 1 rings (SSSR count). The van der Waals surface area contributed by atoms with Crippen LogP contribution in [0.4, 0.5) is 0 Å². The van der Waals surface area contributed by atoms with Gasteiger partial charge in [0, 0.05) is 0 Å². The van der Waals surface area contributed by atoms with Gasteiger partial charge in [-0.15, -0.1) is 0 Å². The lowest BCUT2D eigenvalue weighted by atomic mass is 9.87. The minimum absolute atomic E-state index is 0.125. The molecule has 0 aromatic rings. The van der Waals surface area contributed by atoms with Crippen molar-refractivity contribution in [3.8, 4) is 0 Å². The number of hydrogen-bond acceptors (Lipinski definition) is 5. The van der Waals surface area contributed by atoms with Crippen LogP contribution in [-0.2, 0) is 0 Å². The fourth-order valence-corrected chi connectivity index (χ4v) is 1.31. The molecule has 0 heterocycles. The molecule has 5 nitrogen and oxygen atoms in total. The molecular formula is C11H26O5. The number of aliphatic hydroxyl groups is 5. The Hall–Kier alpha value is -0.200. The van der Waals surface area contributed by atoms with Crippen LogP contribution < -0.4 is 0 Å². The van der Waals surface area contributed by atoms with Crippen LogP contribution in [0.25, 0.3) is 0 Å². The van der Waals surface area contributed by atoms with Crippen molar-refractivity contribution in [1.29, 1.82) is 0 Å². The van der Waals surface area contributed by atoms with Crippen molar-refractivity contribution in [2.24, 2.45) is 0 Å². The molecule has 16 heavy (non-hydrogen) atoms. The summed E-state index contributed by atoms with van der Waals surface area (Å²) < 4.78 is 0. The molecule has 0 aromatic carbocycles. The molecule has 100 valence electrons. The lowest BCUT2D eigenvalue weighted by Crippen LogP contribution is -2.26. The summed E-state index contributed by atoms with van der Waals surface area (Å²) in [5.41, 5.74) is -0.321. The molecule has 5 heteroatoms. The van der Waals surface area contributed by atoms with Crippen LogP contribution in [0.2, 0.25) is 0 Å². The smallest absolute Gasteiger partial charge is 0.0662 e. The van der Waals surface area contributed by atoms with E-state index in [0.29, 0.717) is 0 Å². The third kappa shape index (κ3) is 16.2. The second-order valence-corrected chi connectivity index (χ2v) is 3.95. The van der Waals surface area contributed by atoms with E-state index in [1.165, 1.54) is 19.3 Å². The highest BCUT2D eigenvalue weighted by Gasteiger charge is 2.22. The second-order valence-electron chi connectivity index (χ2n) is 3.95. The van der Waals surface area contributed by atoms with Crippen LogP contribution in [0, 0.1) is 0 Å². The molecule has 0 unspecified atom stereocenters. The van der Waals surface area contributed by atoms with Gasteiger partial charge in [0.15, 0.2) is 0 Å². The molecule has 1 fully saturated rings. The van der Waals surface area contributed by atoms with Gasteiger partial charge >= 0.3 is 0 Å². The summed E-state index contributed by atoms with van der Waals surface area (Å²) in [5.74, 6) is 0. The zero-order valence-corrected chi connectivity index (χ0v) is 10.1. The molecule has 5 N–H and O–H groups in total. The SMILES string of the molecule is CC1(O)CCCCC1.OCCO.OCCO. The van der Waals surface area contributed by atoms with E-state index in [0.717, 1.165) is 12.8 Å². The molecular weight excluding hydrogens is 212 g/mol. The topological polar surface area (TPSA) is 101 Å². The minimum atomic E-state index is -0.321. The third-order valence-corrected chi connectivity index (χ3v) is 2.13. The lowest BCUT2D eigenvalue weighted by molar-refractivity contribution is 0.0225. The van der Waals surface area contributed by atoms with Crippen molar-refractivity contribution in [1.82, 2.24) is 0 Å². The monoisotopic (exact) mass is 238 g/mol. The molecule has 0 amide bonds. The van der Waals surface area contributed by atoms with Crippen molar-refractivity contribution in [2.75, 3.05) is 26.4 Å². The molecule has 1 saturated carbocycles. The van der Waals surface area contributed by atoms with Gasteiger partial charge < -0.3 is 25.5 Å². The first kappa shape index (κ1) is 18.2. The van der Waals surface area contributed by atoms with E-state index >= 15 is 0 Å². The fourth-order valence-electron chi connectivity index (χ4n) is 1.31. The van der Waals surface area contributed by atoms with E-state index in [9.17, 15) is 5.11 Å². The van der Waals surface area contributed by atoms with Gasteiger partial charge in [0.05, 0.1) is 32.0 Å². The van der Waals surface area contributed by atoms with Crippen LogP contribution >= 0.6 is 0 Å². The Balaban J connectivity index is 0. The quantitative estimate of drug-likeness (QED) is 0.452. The minimum Gasteiger partial charge on any atom is -0.394 e. The normalized spacial score (nSPS) is 17.6. The number of rotatable bonds is 2. The summed E-state index contributed by atoms with van der Waals surface area (Å²) in [6.07, 6.45) is 5.76. The Bertz CT molecular complexity index is 112. The highest BCUT2D eigenvalue weighted by Crippen LogP contribution is 2.26. The van der Waals surface area contributed by atoms with E-state index < -0.39 is 0 Å². The molecule has 0 atom stereocenters. The second kappa shape index (κ2) is 12.9. The van der Waals surface area contributed by atoms with E-state index in [4.69, 9.17) is 20.4 Å². The van der Waals surface area contributed by atoms with Crippen LogP contribution in [0.15, 0.2) is 0 Å². The summed E-state index contributed by atoms with van der Waals surface area (Å²) in [5, 5.41) is 39.9. The van der Waals surface area contributed by atoms with Crippen molar-refractivity contribution in [3.63, 3.8) is 0 Å². The molecule has 0 bridgehead atoms. The maximum absolute atomic E-state index is 9.37. The van der Waals surface area contributed by atoms with Crippen LogP contribution in [0.1, 0.15) is 39.0 Å². The number of hydrogen-bond donors (Lipinski definition) is 5. The molecule has 0 saturated heterocycles. The van der Waals surface area contributed by atoms with Gasteiger partial charge in [-0.2, -0.15) is 0 Å². The van der Waals surface area contributed by atoms with Gasteiger partial charge in [-0.3, -0.25) is 0 Å². The zero-order valence-electron chi connectivity index (χ0n) is 10.1. The first-order chi connectivity index (χ1) is 7.54. The van der Waals surface area contributed by atoms with Gasteiger partial charge in [0.2, 0.25) is 0 Å². The Morgan fingerprint density at radius 3 is 1.19 bits per heavy atom. The Kier molecular flexibility index (Phi) is 14.6. The fraction of sp³-hybridized carbons (Fsp3) is 1.00. The maximum atomic E-state index is 9.37. The van der Waals surface area contributed by atoms with Gasteiger partial charge in [0.25, 0.3) is 0 Å². The third-order valence-electron chi connectivity index (χ3n) is 2.13. The Morgan fingerprint density at radius 2 is 1.06 bits per heavy atom. The van der Waals surface area contributed by atoms with E-state index in [-0.39, 0.29) is 32.0 Å². The van der Waals surface area contributed by atoms with Crippen molar-refractivity contribution in [2.45, 2.75) is 44.6 Å². The average molecular weight is 238 g/mol. The van der Waals surface area contributed by atoms with E-state index in [2.05, 4.69) is 0 Å². The largest absolute Gasteiger partial charge is 0.394 e. The molecule has 0 radical (unpaired) electrons. The standard InChI is InChI=1S/C7H14O.2C2H6O2/c1-7(8)5-3-2-4-6-7;2*3-1-2-4/h8H,2-6H2,1H3;2*3-4H,1-2H2. The van der Waals surface area contributed by atoms with Crippen LogP contribution in [0.3, 0.4) is 0 Å². The van der Waals surface area contributed by atoms with E-state index in [1.807, 2.05) is 6.92 Å². The predicted molar refractivity (Wildman–Crippen MR) is 62.1 cm³/mol. The molecule has 1 aliphatic carbocycles. The highest BCUT2D eigenvalue weighted by atomic mass is 16.3.